The first-order valence-electron chi connectivity index (χ1n) is 10.6. The molecule has 0 atom stereocenters. The van der Waals surface area contributed by atoms with Crippen LogP contribution in [0.5, 0.6) is 5.75 Å². The van der Waals surface area contributed by atoms with E-state index < -0.39 is 0 Å². The van der Waals surface area contributed by atoms with E-state index >= 15 is 0 Å². The smallest absolute Gasteiger partial charge is 0.250 e. The van der Waals surface area contributed by atoms with Crippen LogP contribution in [-0.2, 0) is 0 Å². The highest BCUT2D eigenvalue weighted by Crippen LogP contribution is 2.25. The number of phenolic OH excluding ortho intramolecular Hbond substituents is 1. The van der Waals surface area contributed by atoms with E-state index in [1.165, 1.54) is 0 Å². The lowest BCUT2D eigenvalue weighted by atomic mass is 10.0. The third-order valence-electron chi connectivity index (χ3n) is 5.00. The van der Waals surface area contributed by atoms with Gasteiger partial charge in [-0.3, -0.25) is 0 Å². The van der Waals surface area contributed by atoms with E-state index in [9.17, 15) is 5.11 Å². The molecule has 0 aliphatic rings. The third-order valence-corrected chi connectivity index (χ3v) is 5.00. The van der Waals surface area contributed by atoms with Crippen LogP contribution in [0.3, 0.4) is 0 Å². The molecule has 0 aliphatic heterocycles. The molecule has 0 aliphatic carbocycles. The first kappa shape index (κ1) is 20.9. The lowest BCUT2D eigenvalue weighted by Gasteiger charge is -2.10. The van der Waals surface area contributed by atoms with Gasteiger partial charge in [0.2, 0.25) is 17.8 Å². The minimum Gasteiger partial charge on any atom is -0.507 e. The molecule has 1 aromatic heterocycles. The molecule has 0 fully saturated rings. The van der Waals surface area contributed by atoms with Crippen LogP contribution in [-0.4, -0.2) is 26.3 Å². The normalized spacial score (nSPS) is 10.9. The van der Waals surface area contributed by atoms with Gasteiger partial charge in [-0.2, -0.15) is 20.1 Å². The topological polar surface area (TPSA) is 107 Å². The van der Waals surface area contributed by atoms with Crippen LogP contribution >= 0.6 is 0 Å². The fraction of sp³-hybridized carbons (Fsp3) is 0. The summed E-state index contributed by atoms with van der Waals surface area (Å²) in [6.45, 7) is 0. The largest absolute Gasteiger partial charge is 0.507 e. The van der Waals surface area contributed by atoms with Crippen LogP contribution in [0.2, 0.25) is 0 Å². The molecule has 1 heterocycles. The molecule has 4 N–H and O–H groups in total. The maximum absolute atomic E-state index is 10.3. The number of hydrogen-bond donors (Lipinski definition) is 4. The molecule has 0 bridgehead atoms. The second-order valence-corrected chi connectivity index (χ2v) is 7.38. The number of hydrogen-bond acceptors (Lipinski definition) is 8. The van der Waals surface area contributed by atoms with Crippen molar-refractivity contribution in [2.45, 2.75) is 0 Å². The Labute approximate surface area is 196 Å². The van der Waals surface area contributed by atoms with Crippen molar-refractivity contribution >= 4 is 46.2 Å². The van der Waals surface area contributed by atoms with Crippen molar-refractivity contribution in [2.24, 2.45) is 5.10 Å². The van der Waals surface area contributed by atoms with Gasteiger partial charge in [0, 0.05) is 16.9 Å². The molecule has 5 aromatic rings. The maximum atomic E-state index is 10.3. The maximum Gasteiger partial charge on any atom is 0.250 e. The lowest BCUT2D eigenvalue weighted by molar-refractivity contribution is 0.475. The van der Waals surface area contributed by atoms with Crippen LogP contribution in [0.15, 0.2) is 102 Å². The Kier molecular flexibility index (Phi) is 5.94. The molecular weight excluding hydrogens is 426 g/mol. The third kappa shape index (κ3) is 4.91. The first-order valence-corrected chi connectivity index (χ1v) is 10.6. The molecule has 4 aromatic carbocycles. The number of fused-ring (bicyclic) bond motifs is 1. The summed E-state index contributed by atoms with van der Waals surface area (Å²) in [5.74, 6) is 1.08. The number of aromatic nitrogens is 3. The molecule has 5 rings (SSSR count). The minimum absolute atomic E-state index is 0.137. The van der Waals surface area contributed by atoms with Crippen LogP contribution in [0.1, 0.15) is 5.56 Å². The van der Waals surface area contributed by atoms with E-state index in [-0.39, 0.29) is 11.7 Å². The Balaban J connectivity index is 1.44. The number of aromatic hydroxyl groups is 1. The molecule has 8 nitrogen and oxygen atoms in total. The predicted molar refractivity (Wildman–Crippen MR) is 136 cm³/mol. The van der Waals surface area contributed by atoms with Gasteiger partial charge in [-0.25, -0.2) is 5.43 Å². The average Bonchev–Trinajstić information content (AvgIpc) is 2.86. The quantitative estimate of drug-likeness (QED) is 0.188. The monoisotopic (exact) mass is 447 g/mol. The van der Waals surface area contributed by atoms with Crippen LogP contribution in [0.4, 0.5) is 29.2 Å². The summed E-state index contributed by atoms with van der Waals surface area (Å²) in [5, 5.41) is 22.9. The van der Waals surface area contributed by atoms with E-state index in [4.69, 9.17) is 0 Å². The molecular formula is C26H21N7O. The molecule has 166 valence electrons. The molecule has 0 unspecified atom stereocenters. The Morgan fingerprint density at radius 3 is 1.82 bits per heavy atom. The van der Waals surface area contributed by atoms with Gasteiger partial charge in [-0.1, -0.05) is 66.7 Å². The van der Waals surface area contributed by atoms with Crippen molar-refractivity contribution in [1.82, 2.24) is 15.0 Å². The number of nitrogens with one attached hydrogen (secondary N) is 3. The number of benzene rings is 4. The minimum atomic E-state index is 0.137. The zero-order valence-electron chi connectivity index (χ0n) is 18.1. The molecule has 34 heavy (non-hydrogen) atoms. The Morgan fingerprint density at radius 1 is 0.618 bits per heavy atom. The van der Waals surface area contributed by atoms with Crippen molar-refractivity contribution < 1.29 is 5.11 Å². The Morgan fingerprint density at radius 2 is 1.18 bits per heavy atom. The summed E-state index contributed by atoms with van der Waals surface area (Å²) in [7, 11) is 0. The van der Waals surface area contributed by atoms with Crippen LogP contribution in [0.25, 0.3) is 10.8 Å². The van der Waals surface area contributed by atoms with E-state index in [2.05, 4.69) is 36.1 Å². The van der Waals surface area contributed by atoms with Gasteiger partial charge in [0.15, 0.2) is 0 Å². The van der Waals surface area contributed by atoms with Gasteiger partial charge < -0.3 is 15.7 Å². The van der Waals surface area contributed by atoms with Crippen molar-refractivity contribution in [3.63, 3.8) is 0 Å². The van der Waals surface area contributed by atoms with Crippen LogP contribution < -0.4 is 16.1 Å². The highest BCUT2D eigenvalue weighted by molar-refractivity contribution is 6.02. The lowest BCUT2D eigenvalue weighted by Crippen LogP contribution is -2.07. The van der Waals surface area contributed by atoms with Crippen LogP contribution in [0, 0.1) is 0 Å². The summed E-state index contributed by atoms with van der Waals surface area (Å²) in [5.41, 5.74) is 5.14. The molecule has 0 amide bonds. The summed E-state index contributed by atoms with van der Waals surface area (Å²) in [6.07, 6.45) is 1.55. The fourth-order valence-corrected chi connectivity index (χ4v) is 3.41. The standard InChI is InChI=1S/C26H21N7O/c34-23-16-15-18-9-7-8-14-21(18)22(23)17-27-33-26-31-24(28-19-10-3-1-4-11-19)30-25(32-26)29-20-12-5-2-6-13-20/h1-17,34H,(H3,28,29,30,31,32,33)/b27-17-. The highest BCUT2D eigenvalue weighted by atomic mass is 16.3. The fourth-order valence-electron chi connectivity index (χ4n) is 3.41. The van der Waals surface area contributed by atoms with Crippen molar-refractivity contribution in [2.75, 3.05) is 16.1 Å². The first-order chi connectivity index (χ1) is 16.7. The van der Waals surface area contributed by atoms with E-state index in [1.807, 2.05) is 91.0 Å². The summed E-state index contributed by atoms with van der Waals surface area (Å²) in [6, 6.07) is 30.5. The second kappa shape index (κ2) is 9.66. The van der Waals surface area contributed by atoms with Gasteiger partial charge in [0.1, 0.15) is 5.75 Å². The van der Waals surface area contributed by atoms with Gasteiger partial charge >= 0.3 is 0 Å². The molecule has 0 radical (unpaired) electrons. The average molecular weight is 448 g/mol. The number of rotatable bonds is 7. The Bertz CT molecular complexity index is 1380. The van der Waals surface area contributed by atoms with E-state index in [1.54, 1.807) is 12.3 Å². The Hall–Kier alpha value is -4.98. The molecule has 0 spiro atoms. The van der Waals surface area contributed by atoms with Crippen molar-refractivity contribution in [3.8, 4) is 5.75 Å². The number of anilines is 5. The highest BCUT2D eigenvalue weighted by Gasteiger charge is 2.08. The van der Waals surface area contributed by atoms with E-state index in [0.717, 1.165) is 22.1 Å². The molecule has 0 saturated heterocycles. The second-order valence-electron chi connectivity index (χ2n) is 7.38. The van der Waals surface area contributed by atoms with Crippen molar-refractivity contribution in [1.29, 1.82) is 0 Å². The summed E-state index contributed by atoms with van der Waals surface area (Å²) in [4.78, 5) is 13.3. The van der Waals surface area contributed by atoms with Crippen molar-refractivity contribution in [3.05, 3.63) is 103 Å². The summed E-state index contributed by atoms with van der Waals surface area (Å²) >= 11 is 0. The van der Waals surface area contributed by atoms with E-state index in [0.29, 0.717) is 17.5 Å². The number of para-hydroxylation sites is 2. The van der Waals surface area contributed by atoms with Gasteiger partial charge in [0.25, 0.3) is 0 Å². The molecule has 0 saturated carbocycles. The van der Waals surface area contributed by atoms with Gasteiger partial charge in [0.05, 0.1) is 6.21 Å². The zero-order valence-corrected chi connectivity index (χ0v) is 18.1. The number of nitrogens with zero attached hydrogens (tertiary/aromatic N) is 4. The summed E-state index contributed by atoms with van der Waals surface area (Å²) < 4.78 is 0. The zero-order chi connectivity index (χ0) is 23.2. The SMILES string of the molecule is Oc1ccc2ccccc2c1/C=N\Nc1nc(Nc2ccccc2)nc(Nc2ccccc2)n1. The number of hydrazone groups is 1. The van der Waals surface area contributed by atoms with Gasteiger partial charge in [-0.05, 0) is 41.1 Å². The predicted octanol–water partition coefficient (Wildman–Crippen LogP) is 5.66. The van der Waals surface area contributed by atoms with Gasteiger partial charge in [-0.15, -0.1) is 0 Å². The molecule has 8 heteroatoms. The number of phenols is 1.